The van der Waals surface area contributed by atoms with Crippen molar-refractivity contribution in [2.45, 2.75) is 0 Å². The first-order valence-corrected chi connectivity index (χ1v) is 8.30. The molecule has 6 heteroatoms. The van der Waals surface area contributed by atoms with E-state index in [4.69, 9.17) is 32.7 Å². The number of benzene rings is 3. The maximum absolute atomic E-state index is 10.7. The summed E-state index contributed by atoms with van der Waals surface area (Å²) in [5.74, 6) is 1.74. The molecule has 0 radical (unpaired) electrons. The summed E-state index contributed by atoms with van der Waals surface area (Å²) in [4.78, 5) is 21.4. The van der Waals surface area contributed by atoms with Gasteiger partial charge in [-0.3, -0.25) is 9.59 Å². The topological polar surface area (TPSA) is 52.6 Å². The van der Waals surface area contributed by atoms with E-state index in [-0.39, 0.29) is 0 Å². The third kappa shape index (κ3) is 4.23. The molecule has 0 saturated carbocycles. The SMILES string of the molecule is O=Cc1ccc(Oc2cc(Oc3ccc(C=O)cc3)c(Cl)cc2Cl)cc1. The van der Waals surface area contributed by atoms with E-state index in [9.17, 15) is 9.59 Å². The first kappa shape index (κ1) is 18.0. The molecular weight excluding hydrogens is 375 g/mol. The largest absolute Gasteiger partial charge is 0.456 e. The van der Waals surface area contributed by atoms with E-state index in [2.05, 4.69) is 0 Å². The fraction of sp³-hybridized carbons (Fsp3) is 0. The van der Waals surface area contributed by atoms with Crippen LogP contribution in [0.15, 0.2) is 60.7 Å². The molecule has 0 amide bonds. The summed E-state index contributed by atoms with van der Waals surface area (Å²) in [6, 6.07) is 16.3. The number of ether oxygens (including phenoxy) is 2. The molecule has 0 atom stereocenters. The Bertz CT molecular complexity index is 861. The molecular formula is C20H12Cl2O4. The van der Waals surface area contributed by atoms with E-state index < -0.39 is 0 Å². The summed E-state index contributed by atoms with van der Waals surface area (Å²) in [5, 5.41) is 0.635. The van der Waals surface area contributed by atoms with Crippen molar-refractivity contribution in [1.82, 2.24) is 0 Å². The van der Waals surface area contributed by atoms with E-state index >= 15 is 0 Å². The van der Waals surface area contributed by atoms with Gasteiger partial charge in [-0.05, 0) is 54.6 Å². The van der Waals surface area contributed by atoms with Crippen molar-refractivity contribution in [3.63, 3.8) is 0 Å². The van der Waals surface area contributed by atoms with Crippen molar-refractivity contribution in [3.8, 4) is 23.0 Å². The predicted octanol–water partition coefficient (Wildman–Crippen LogP) is 6.20. The van der Waals surface area contributed by atoms with Crippen molar-refractivity contribution in [2.75, 3.05) is 0 Å². The molecule has 0 spiro atoms. The molecule has 3 rings (SSSR count). The lowest BCUT2D eigenvalue weighted by atomic mass is 10.2. The maximum atomic E-state index is 10.7. The smallest absolute Gasteiger partial charge is 0.150 e. The monoisotopic (exact) mass is 386 g/mol. The first-order valence-electron chi connectivity index (χ1n) is 7.54. The highest BCUT2D eigenvalue weighted by molar-refractivity contribution is 6.36. The number of carbonyl (C=O) groups excluding carboxylic acids is 2. The molecule has 0 aromatic heterocycles. The highest BCUT2D eigenvalue weighted by Crippen LogP contribution is 2.39. The molecule has 0 unspecified atom stereocenters. The number of rotatable bonds is 6. The second-order valence-electron chi connectivity index (χ2n) is 5.29. The number of aldehydes is 2. The van der Waals surface area contributed by atoms with Crippen LogP contribution in [0.1, 0.15) is 20.7 Å². The fourth-order valence-corrected chi connectivity index (χ4v) is 2.61. The van der Waals surface area contributed by atoms with Crippen LogP contribution < -0.4 is 9.47 Å². The van der Waals surface area contributed by atoms with Gasteiger partial charge in [0.1, 0.15) is 35.6 Å². The van der Waals surface area contributed by atoms with Crippen LogP contribution in [0.5, 0.6) is 23.0 Å². The van der Waals surface area contributed by atoms with Crippen LogP contribution in [0.4, 0.5) is 0 Å². The zero-order valence-corrected chi connectivity index (χ0v) is 14.8. The minimum atomic E-state index is 0.318. The number of carbonyl (C=O) groups is 2. The van der Waals surface area contributed by atoms with Gasteiger partial charge in [0, 0.05) is 17.2 Å². The van der Waals surface area contributed by atoms with Gasteiger partial charge in [0.25, 0.3) is 0 Å². The highest BCUT2D eigenvalue weighted by Gasteiger charge is 2.12. The summed E-state index contributed by atoms with van der Waals surface area (Å²) < 4.78 is 11.5. The number of hydrogen-bond donors (Lipinski definition) is 0. The zero-order chi connectivity index (χ0) is 18.5. The van der Waals surface area contributed by atoms with Crippen LogP contribution in [-0.2, 0) is 0 Å². The van der Waals surface area contributed by atoms with Crippen molar-refractivity contribution >= 4 is 35.8 Å². The van der Waals surface area contributed by atoms with Crippen molar-refractivity contribution in [3.05, 3.63) is 81.8 Å². The van der Waals surface area contributed by atoms with E-state index in [1.54, 1.807) is 54.6 Å². The van der Waals surface area contributed by atoms with Gasteiger partial charge in [-0.25, -0.2) is 0 Å². The van der Waals surface area contributed by atoms with Crippen LogP contribution in [0.2, 0.25) is 10.0 Å². The van der Waals surface area contributed by atoms with Gasteiger partial charge in [-0.1, -0.05) is 23.2 Å². The van der Waals surface area contributed by atoms with Crippen LogP contribution in [0.25, 0.3) is 0 Å². The van der Waals surface area contributed by atoms with E-state index in [0.717, 1.165) is 12.6 Å². The molecule has 0 saturated heterocycles. The van der Waals surface area contributed by atoms with Gasteiger partial charge in [-0.2, -0.15) is 0 Å². The molecule has 3 aromatic rings. The van der Waals surface area contributed by atoms with Crippen molar-refractivity contribution in [1.29, 1.82) is 0 Å². The van der Waals surface area contributed by atoms with Crippen LogP contribution in [-0.4, -0.2) is 12.6 Å². The molecule has 26 heavy (non-hydrogen) atoms. The number of hydrogen-bond acceptors (Lipinski definition) is 4. The van der Waals surface area contributed by atoms with Gasteiger partial charge in [0.05, 0.1) is 10.0 Å². The molecule has 0 aliphatic carbocycles. The lowest BCUT2D eigenvalue weighted by Crippen LogP contribution is -1.90. The summed E-state index contributed by atoms with van der Waals surface area (Å²) in [6.45, 7) is 0. The minimum Gasteiger partial charge on any atom is -0.456 e. The predicted molar refractivity (Wildman–Crippen MR) is 100 cm³/mol. The van der Waals surface area contributed by atoms with E-state index in [1.807, 2.05) is 0 Å². The Morgan fingerprint density at radius 2 is 1.00 bits per heavy atom. The molecule has 0 aliphatic heterocycles. The lowest BCUT2D eigenvalue weighted by molar-refractivity contribution is 0.111. The van der Waals surface area contributed by atoms with E-state index in [1.165, 1.54) is 6.07 Å². The summed E-state index contributed by atoms with van der Waals surface area (Å²) in [6.07, 6.45) is 1.50. The van der Waals surface area contributed by atoms with Gasteiger partial charge in [0.15, 0.2) is 0 Å². The van der Waals surface area contributed by atoms with Crippen molar-refractivity contribution < 1.29 is 19.1 Å². The molecule has 0 heterocycles. The molecule has 3 aromatic carbocycles. The molecule has 0 fully saturated rings. The van der Waals surface area contributed by atoms with E-state index in [0.29, 0.717) is 44.2 Å². The summed E-state index contributed by atoms with van der Waals surface area (Å²) in [5.41, 5.74) is 1.09. The Kier molecular flexibility index (Phi) is 5.56. The standard InChI is InChI=1S/C20H12Cl2O4/c21-17-9-18(22)20(26-16-7-3-14(12-24)4-8-16)10-19(17)25-15-5-1-13(11-23)2-6-15/h1-12H. The van der Waals surface area contributed by atoms with Gasteiger partial charge in [-0.15, -0.1) is 0 Å². The average Bonchev–Trinajstić information content (AvgIpc) is 2.66. The van der Waals surface area contributed by atoms with Crippen LogP contribution in [0.3, 0.4) is 0 Å². The second-order valence-corrected chi connectivity index (χ2v) is 6.11. The fourth-order valence-electron chi connectivity index (χ4n) is 2.15. The molecule has 0 N–H and O–H groups in total. The van der Waals surface area contributed by atoms with Crippen LogP contribution in [0, 0.1) is 0 Å². The molecule has 130 valence electrons. The Balaban J connectivity index is 1.85. The average molecular weight is 387 g/mol. The van der Waals surface area contributed by atoms with Gasteiger partial charge < -0.3 is 9.47 Å². The molecule has 0 aliphatic rings. The molecule has 0 bridgehead atoms. The zero-order valence-electron chi connectivity index (χ0n) is 13.3. The Labute approximate surface area is 159 Å². The quantitative estimate of drug-likeness (QED) is 0.473. The van der Waals surface area contributed by atoms with Crippen LogP contribution >= 0.6 is 23.2 Å². The lowest BCUT2D eigenvalue weighted by Gasteiger charge is -2.12. The third-order valence-corrected chi connectivity index (χ3v) is 4.07. The number of halogens is 2. The normalized spacial score (nSPS) is 10.2. The Morgan fingerprint density at radius 1 is 0.615 bits per heavy atom. The Hall–Kier alpha value is -2.82. The summed E-state index contributed by atoms with van der Waals surface area (Å²) >= 11 is 12.4. The van der Waals surface area contributed by atoms with Gasteiger partial charge in [0.2, 0.25) is 0 Å². The molecule has 4 nitrogen and oxygen atoms in total. The highest BCUT2D eigenvalue weighted by atomic mass is 35.5. The first-order chi connectivity index (χ1) is 12.6. The second kappa shape index (κ2) is 8.04. The summed E-state index contributed by atoms with van der Waals surface area (Å²) in [7, 11) is 0. The third-order valence-electron chi connectivity index (χ3n) is 3.47. The minimum absolute atomic E-state index is 0.318. The maximum Gasteiger partial charge on any atom is 0.150 e. The Morgan fingerprint density at radius 3 is 1.35 bits per heavy atom. The van der Waals surface area contributed by atoms with Crippen molar-refractivity contribution in [2.24, 2.45) is 0 Å². The van der Waals surface area contributed by atoms with Gasteiger partial charge >= 0.3 is 0 Å².